The molecule has 1 aliphatic rings. The third kappa shape index (κ3) is 154. The first-order valence-electron chi connectivity index (χ1n) is 11.5. The second-order valence-corrected chi connectivity index (χ2v) is 7.76. The third-order valence-electron chi connectivity index (χ3n) is 4.28. The van der Waals surface area contributed by atoms with Crippen LogP contribution in [0.5, 0.6) is 0 Å². The van der Waals surface area contributed by atoms with Gasteiger partial charge in [0.05, 0.1) is 6.61 Å². The van der Waals surface area contributed by atoms with E-state index in [1.54, 1.807) is 9.47 Å². The minimum atomic E-state index is 0. The zero-order valence-corrected chi connectivity index (χ0v) is 31.0. The van der Waals surface area contributed by atoms with Crippen molar-refractivity contribution in [2.45, 2.75) is 102 Å². The minimum absolute atomic E-state index is 0. The summed E-state index contributed by atoms with van der Waals surface area (Å²) >= 11 is 10.0. The molecule has 0 aromatic carbocycles. The van der Waals surface area contributed by atoms with Crippen LogP contribution in [-0.4, -0.2) is 150 Å². The van der Waals surface area contributed by atoms with E-state index >= 15 is 0 Å². The molecule has 0 aliphatic carbocycles. The summed E-state index contributed by atoms with van der Waals surface area (Å²) < 4.78 is 10.1. The Kier molecular flexibility index (Phi) is 395. The van der Waals surface area contributed by atoms with Gasteiger partial charge in [-0.15, -0.1) is 8.67 Å². The van der Waals surface area contributed by atoms with Crippen molar-refractivity contribution in [2.24, 2.45) is 0 Å². The van der Waals surface area contributed by atoms with Crippen LogP contribution in [0.4, 0.5) is 0 Å². The number of hydrogen-bond acceptors (Lipinski definition) is 17. The highest BCUT2D eigenvalue weighted by atomic mass is 32.1. The van der Waals surface area contributed by atoms with Crippen LogP contribution in [0.3, 0.4) is 0 Å². The Balaban J connectivity index is -0.0000000125. The first kappa shape index (κ1) is 140. The van der Waals surface area contributed by atoms with Gasteiger partial charge in [0, 0.05) is 66.2 Å². The Bertz CT molecular complexity index is 358. The van der Waals surface area contributed by atoms with E-state index in [4.69, 9.17) is 20.9 Å². The van der Waals surface area contributed by atoms with Gasteiger partial charge in [-0.3, -0.25) is 0 Å². The Hall–Kier alpha value is 0.440. The quantitative estimate of drug-likeness (QED) is 0.0163. The number of rotatable bonds is 17. The fourth-order valence-electron chi connectivity index (χ4n) is 2.85. The van der Waals surface area contributed by atoms with Crippen LogP contribution in [-0.2, 0) is 28.5 Å². The lowest BCUT2D eigenvalue weighted by atomic mass is 10.1. The van der Waals surface area contributed by atoms with E-state index in [1.165, 1.54) is 45.1 Å². The molecule has 53 heavy (non-hydrogen) atoms. The molecule has 0 amide bonds. The summed E-state index contributed by atoms with van der Waals surface area (Å²) in [6, 6.07) is 1.21. The fraction of sp³-hybridized carbons (Fsp3) is 1.00. The van der Waals surface area contributed by atoms with Gasteiger partial charge in [0.2, 0.25) is 0 Å². The van der Waals surface area contributed by atoms with Crippen LogP contribution >= 0.6 is 47.9 Å². The molecule has 1 fully saturated rings. The van der Waals surface area contributed by atoms with Gasteiger partial charge < -0.3 is 92.1 Å². The number of unbranched alkanes of at least 4 members (excludes halogenated alkanes) is 1. The summed E-state index contributed by atoms with van der Waals surface area (Å²) in [4.78, 5) is 0. The Morgan fingerprint density at radius 2 is 1.00 bits per heavy atom. The highest BCUT2D eigenvalue weighted by molar-refractivity contribution is 7.80. The van der Waals surface area contributed by atoms with E-state index in [0.29, 0.717) is 12.1 Å². The molecule has 1 aliphatic heterocycles. The lowest BCUT2D eigenvalue weighted by Crippen LogP contribution is -2.41. The topological polar surface area (TPSA) is 562 Å². The zero-order chi connectivity index (χ0) is 28.1. The molecular weight excluding hydrogens is 811 g/mol. The third-order valence-corrected chi connectivity index (χ3v) is 4.72. The lowest BCUT2D eigenvalue weighted by molar-refractivity contribution is -0.433. The summed E-state index contributed by atoms with van der Waals surface area (Å²) in [6.45, 7) is 11.0. The summed E-state index contributed by atoms with van der Waals surface area (Å²) in [7, 11) is 1.68. The summed E-state index contributed by atoms with van der Waals surface area (Å²) in [5.41, 5.74) is 0. The molecule has 1 heterocycles. The molecule has 0 saturated carbocycles. The van der Waals surface area contributed by atoms with Crippen molar-refractivity contribution >= 4 is 47.9 Å². The molecule has 0 bridgehead atoms. The van der Waals surface area contributed by atoms with E-state index in [9.17, 15) is 0 Å². The molecule has 0 spiro atoms. The predicted octanol–water partition coefficient (Wildman–Crippen LogP) is -4.63. The molecule has 360 valence electrons. The molecule has 30 heteroatoms. The van der Waals surface area contributed by atoms with Crippen molar-refractivity contribution in [1.82, 2.24) is 21.3 Å². The second-order valence-electron chi connectivity index (χ2n) is 6.82. The van der Waals surface area contributed by atoms with Crippen LogP contribution in [0.1, 0.15) is 89.5 Å². The van der Waals surface area contributed by atoms with Gasteiger partial charge >= 0.3 is 0 Å². The first-order chi connectivity index (χ1) is 17.5. The maximum absolute atomic E-state index is 8.66. The second kappa shape index (κ2) is 150. The van der Waals surface area contributed by atoms with E-state index in [0.717, 1.165) is 38.5 Å². The highest BCUT2D eigenvalue weighted by Gasteiger charge is 2.24. The van der Waals surface area contributed by atoms with Crippen LogP contribution < -0.4 is 21.3 Å². The Morgan fingerprint density at radius 3 is 1.28 bits per heavy atom. The number of hydrogen-bond donors (Lipinski definition) is 11. The van der Waals surface area contributed by atoms with Gasteiger partial charge in [-0.2, -0.15) is 17.3 Å². The Morgan fingerprint density at radius 1 is 0.642 bits per heavy atom. The first-order valence-corrected chi connectivity index (χ1v) is 13.4. The standard InChI is InChI=1S/C9H20N2O.C9H22N2S.5CH4.H3O3P.2H2O3S.12H2O/c1-2-3-8-9(4-5-10-8)11-6-7-12;1-2-3-5-10-6-4-7-11-8-9-12;;;;;;3*1-2-3-4;;;;;;;;;;;;/h8-12H,2-7H2,1H3;10-12H,2-9H2,1H3;5*1H4;1H,4H2;2*1,4H;12*1H2. The van der Waals surface area contributed by atoms with E-state index < -0.39 is 0 Å². The smallest absolute Gasteiger partial charge is 0.0556 e. The average molecular weight is 905 g/mol. The van der Waals surface area contributed by atoms with Gasteiger partial charge in [-0.05, 0) is 51.9 Å². The summed E-state index contributed by atoms with van der Waals surface area (Å²) in [5.74, 6) is 0.934. The van der Waals surface area contributed by atoms with Crippen LogP contribution in [0.15, 0.2) is 0 Å². The predicted molar refractivity (Wildman–Crippen MR) is 228 cm³/mol. The van der Waals surface area contributed by atoms with Crippen molar-refractivity contribution in [3.05, 3.63) is 0 Å². The van der Waals surface area contributed by atoms with Crippen molar-refractivity contribution in [1.29, 1.82) is 0 Å². The number of aliphatic hydroxyl groups is 1. The van der Waals surface area contributed by atoms with Gasteiger partial charge in [0.1, 0.15) is 0 Å². The van der Waals surface area contributed by atoms with Gasteiger partial charge in [-0.25, -0.2) is 15.8 Å². The Labute approximate surface area is 337 Å². The van der Waals surface area contributed by atoms with Crippen molar-refractivity contribution in [2.75, 3.05) is 51.6 Å². The molecule has 0 radical (unpaired) electrons. The van der Waals surface area contributed by atoms with Crippen molar-refractivity contribution in [3.63, 3.8) is 0 Å². The molecule has 26 nitrogen and oxygen atoms in total. The summed E-state index contributed by atoms with van der Waals surface area (Å²) in [6.07, 6.45) is 7.47. The van der Waals surface area contributed by atoms with Crippen LogP contribution in [0.2, 0.25) is 0 Å². The van der Waals surface area contributed by atoms with E-state index in [2.05, 4.69) is 102 Å². The molecule has 0 aromatic rings. The number of aliphatic hydroxyl groups excluding tert-OH is 1. The normalized spacial score (nSPS) is 10.8. The average Bonchev–Trinajstić information content (AvgIpc) is 3.37. The van der Waals surface area contributed by atoms with Gasteiger partial charge in [0.25, 0.3) is 0 Å². The molecule has 32 N–H and O–H groups in total. The monoisotopic (exact) mass is 905 g/mol. The summed E-state index contributed by atoms with van der Waals surface area (Å²) in [5, 5.41) is 52.3. The SMILES string of the molecule is C.C.C.C.C.CCCC1NCCC1NCCO.CCCCNCCCNCCS.O.O.O.O.O.O.O.O.O.O.O.O.OOOP.OOOS.OOOS. The van der Waals surface area contributed by atoms with Crippen molar-refractivity contribution in [3.8, 4) is 0 Å². The number of thiol groups is 3. The molecule has 3 atom stereocenters. The largest absolute Gasteiger partial charge is 0.412 e. The molecule has 1 rings (SSSR count). The van der Waals surface area contributed by atoms with Crippen molar-refractivity contribution < 1.29 is 115 Å². The molecule has 3 unspecified atom stereocenters. The maximum Gasteiger partial charge on any atom is 0.0556 e. The molecular formula is C23H93N4O22PS3. The fourth-order valence-corrected chi connectivity index (χ4v) is 3.00. The van der Waals surface area contributed by atoms with Crippen LogP contribution in [0, 0.1) is 0 Å². The van der Waals surface area contributed by atoms with Gasteiger partial charge in [0.15, 0.2) is 0 Å². The van der Waals surface area contributed by atoms with Crippen LogP contribution in [0.25, 0.3) is 0 Å². The highest BCUT2D eigenvalue weighted by Crippen LogP contribution is 2.11. The van der Waals surface area contributed by atoms with Gasteiger partial charge in [-0.1, -0.05) is 78.9 Å². The molecule has 1 saturated heterocycles. The van der Waals surface area contributed by atoms with E-state index in [-0.39, 0.29) is 109 Å². The number of nitrogens with one attached hydrogen (secondary N) is 4. The lowest BCUT2D eigenvalue weighted by Gasteiger charge is -2.19. The maximum atomic E-state index is 8.66. The molecule has 0 aromatic heterocycles. The zero-order valence-electron chi connectivity index (χ0n) is 27.2. The minimum Gasteiger partial charge on any atom is -0.412 e. The van der Waals surface area contributed by atoms with E-state index in [1.807, 2.05) is 0 Å².